The van der Waals surface area contributed by atoms with Gasteiger partial charge in [-0.15, -0.1) is 0 Å². The highest BCUT2D eigenvalue weighted by Crippen LogP contribution is 2.20. The molecule has 2 aromatic carbocycles. The van der Waals surface area contributed by atoms with Crippen molar-refractivity contribution in [1.82, 2.24) is 34.0 Å². The van der Waals surface area contributed by atoms with Crippen molar-refractivity contribution in [1.29, 1.82) is 0 Å². The quantitative estimate of drug-likeness (QED) is 0.415. The van der Waals surface area contributed by atoms with E-state index in [2.05, 4.69) is 20.3 Å². The first-order chi connectivity index (χ1) is 16.1. The minimum atomic E-state index is -0.559. The van der Waals surface area contributed by atoms with E-state index < -0.39 is 11.4 Å². The number of nitrogens with one attached hydrogen (secondary N) is 1. The molecule has 3 heterocycles. The van der Waals surface area contributed by atoms with Crippen LogP contribution in [0.25, 0.3) is 28.2 Å². The minimum Gasteiger partial charge on any atom is -0.326 e. The number of halogens is 1. The number of benzene rings is 2. The summed E-state index contributed by atoms with van der Waals surface area (Å²) in [6.45, 7) is 0.902. The molecule has 33 heavy (non-hydrogen) atoms. The molecule has 0 aliphatic rings. The van der Waals surface area contributed by atoms with Gasteiger partial charge in [-0.1, -0.05) is 12.1 Å². The Morgan fingerprint density at radius 2 is 1.79 bits per heavy atom. The molecule has 0 aliphatic heterocycles. The van der Waals surface area contributed by atoms with Crippen LogP contribution in [0.5, 0.6) is 0 Å². The number of hydrogen-bond donors (Lipinski definition) is 2. The summed E-state index contributed by atoms with van der Waals surface area (Å²) in [4.78, 5) is 26.2. The highest BCUT2D eigenvalue weighted by molar-refractivity contribution is 5.72. The lowest BCUT2D eigenvalue weighted by Crippen LogP contribution is -2.21. The third kappa shape index (κ3) is 3.60. The molecule has 0 saturated carbocycles. The predicted molar refractivity (Wildman–Crippen MR) is 122 cm³/mol. The average molecular weight is 444 g/mol. The Morgan fingerprint density at radius 1 is 1.00 bits per heavy atom. The van der Waals surface area contributed by atoms with Crippen LogP contribution >= 0.6 is 0 Å². The van der Waals surface area contributed by atoms with Crippen LogP contribution in [0.3, 0.4) is 0 Å². The van der Waals surface area contributed by atoms with Gasteiger partial charge in [-0.05, 0) is 36.9 Å². The van der Waals surface area contributed by atoms with Crippen LogP contribution in [0.1, 0.15) is 11.4 Å². The third-order valence-electron chi connectivity index (χ3n) is 5.41. The normalized spacial score (nSPS) is 11.4. The van der Waals surface area contributed by atoms with Crippen LogP contribution in [-0.4, -0.2) is 35.7 Å². The second-order valence-corrected chi connectivity index (χ2v) is 7.46. The van der Waals surface area contributed by atoms with Crippen molar-refractivity contribution < 1.29 is 4.39 Å². The molecule has 5 aromatic rings. The number of nitrogens with two attached hydrogens (primary N) is 1. The van der Waals surface area contributed by atoms with Crippen molar-refractivity contribution in [2.24, 2.45) is 5.73 Å². The van der Waals surface area contributed by atoms with Gasteiger partial charge >= 0.3 is 0 Å². The highest BCUT2D eigenvalue weighted by atomic mass is 19.1. The molecule has 3 aromatic heterocycles. The SMILES string of the molecule is CNCc1nccn1-c1ccc(-n2cnc3ncn(-c4cccc(CN)c4)c3c2=O)c(F)c1. The Hall–Kier alpha value is -4.15. The van der Waals surface area contributed by atoms with E-state index in [0.717, 1.165) is 17.1 Å². The summed E-state index contributed by atoms with van der Waals surface area (Å²) in [7, 11) is 1.81. The molecule has 0 unspecified atom stereocenters. The summed E-state index contributed by atoms with van der Waals surface area (Å²) in [6.07, 6.45) is 6.23. The van der Waals surface area contributed by atoms with Gasteiger partial charge in [0.25, 0.3) is 5.56 Å². The summed E-state index contributed by atoms with van der Waals surface area (Å²) >= 11 is 0. The van der Waals surface area contributed by atoms with Crippen LogP contribution in [0.15, 0.2) is 72.3 Å². The van der Waals surface area contributed by atoms with E-state index >= 15 is 4.39 Å². The zero-order valence-electron chi connectivity index (χ0n) is 17.8. The number of fused-ring (bicyclic) bond motifs is 1. The Balaban J connectivity index is 1.61. The molecule has 0 fully saturated rings. The highest BCUT2D eigenvalue weighted by Gasteiger charge is 2.16. The summed E-state index contributed by atoms with van der Waals surface area (Å²) < 4.78 is 19.8. The van der Waals surface area contributed by atoms with E-state index in [4.69, 9.17) is 5.73 Å². The molecular weight excluding hydrogens is 423 g/mol. The lowest BCUT2D eigenvalue weighted by molar-refractivity contribution is 0.613. The van der Waals surface area contributed by atoms with Gasteiger partial charge < -0.3 is 15.6 Å². The zero-order valence-corrected chi connectivity index (χ0v) is 17.8. The Morgan fingerprint density at radius 3 is 2.55 bits per heavy atom. The van der Waals surface area contributed by atoms with Crippen molar-refractivity contribution in [3.05, 3.63) is 95.1 Å². The minimum absolute atomic E-state index is 0.0943. The monoisotopic (exact) mass is 444 g/mol. The van der Waals surface area contributed by atoms with Crippen molar-refractivity contribution in [3.63, 3.8) is 0 Å². The standard InChI is InChI=1S/C23H21FN8O/c1-26-12-20-27-7-8-30(20)17-5-6-19(18(24)10-17)32-14-29-22-21(23(32)33)31(13-28-22)16-4-2-3-15(9-16)11-25/h2-10,13-14,26H,11-12,25H2,1H3. The van der Waals surface area contributed by atoms with Crippen LogP contribution in [0.4, 0.5) is 4.39 Å². The zero-order chi connectivity index (χ0) is 22.9. The Kier molecular flexibility index (Phi) is 5.29. The fraction of sp³-hybridized carbons (Fsp3) is 0.130. The lowest BCUT2D eigenvalue weighted by atomic mass is 10.2. The molecule has 3 N–H and O–H groups in total. The van der Waals surface area contributed by atoms with Crippen LogP contribution < -0.4 is 16.6 Å². The summed E-state index contributed by atoms with van der Waals surface area (Å²) in [5.41, 5.74) is 8.19. The second kappa shape index (κ2) is 8.41. The predicted octanol–water partition coefficient (Wildman–Crippen LogP) is 2.07. The van der Waals surface area contributed by atoms with Crippen LogP contribution in [-0.2, 0) is 13.1 Å². The van der Waals surface area contributed by atoms with Gasteiger partial charge in [0.1, 0.15) is 24.3 Å². The van der Waals surface area contributed by atoms with Gasteiger partial charge in [-0.25, -0.2) is 19.3 Å². The number of nitrogens with zero attached hydrogens (tertiary/aromatic N) is 6. The van der Waals surface area contributed by atoms with E-state index in [1.807, 2.05) is 31.3 Å². The molecule has 0 aliphatic carbocycles. The maximum absolute atomic E-state index is 15.2. The van der Waals surface area contributed by atoms with Gasteiger partial charge in [0, 0.05) is 36.4 Å². The van der Waals surface area contributed by atoms with E-state index in [1.54, 1.807) is 33.7 Å². The molecular formula is C23H21FN8O. The van der Waals surface area contributed by atoms with Crippen molar-refractivity contribution in [2.75, 3.05) is 7.05 Å². The average Bonchev–Trinajstić information content (AvgIpc) is 3.48. The molecule has 166 valence electrons. The summed E-state index contributed by atoms with van der Waals surface area (Å²) in [5.74, 6) is 0.185. The molecule has 0 bridgehead atoms. The first-order valence-electron chi connectivity index (χ1n) is 10.3. The summed E-state index contributed by atoms with van der Waals surface area (Å²) in [5, 5.41) is 3.03. The number of imidazole rings is 2. The van der Waals surface area contributed by atoms with Gasteiger partial charge in [0.2, 0.25) is 0 Å². The van der Waals surface area contributed by atoms with Crippen molar-refractivity contribution in [3.8, 4) is 17.1 Å². The van der Waals surface area contributed by atoms with Gasteiger partial charge in [-0.2, -0.15) is 0 Å². The summed E-state index contributed by atoms with van der Waals surface area (Å²) in [6, 6.07) is 12.1. The molecule has 0 saturated heterocycles. The first-order valence-corrected chi connectivity index (χ1v) is 10.3. The fourth-order valence-corrected chi connectivity index (χ4v) is 3.81. The molecule has 0 atom stereocenters. The topological polar surface area (TPSA) is 109 Å². The Labute approximate surface area is 188 Å². The second-order valence-electron chi connectivity index (χ2n) is 7.46. The number of hydrogen-bond acceptors (Lipinski definition) is 6. The van der Waals surface area contributed by atoms with Crippen LogP contribution in [0.2, 0.25) is 0 Å². The van der Waals surface area contributed by atoms with E-state index in [1.165, 1.54) is 23.3 Å². The van der Waals surface area contributed by atoms with Crippen molar-refractivity contribution in [2.45, 2.75) is 13.1 Å². The van der Waals surface area contributed by atoms with Gasteiger partial charge in [0.05, 0.1) is 12.2 Å². The Bertz CT molecular complexity index is 1520. The molecule has 5 rings (SSSR count). The van der Waals surface area contributed by atoms with Gasteiger partial charge in [-0.3, -0.25) is 13.9 Å². The van der Waals surface area contributed by atoms with Gasteiger partial charge in [0.15, 0.2) is 11.2 Å². The number of rotatable bonds is 6. The smallest absolute Gasteiger partial charge is 0.284 e. The first kappa shape index (κ1) is 20.7. The largest absolute Gasteiger partial charge is 0.326 e. The van der Waals surface area contributed by atoms with Crippen LogP contribution in [0, 0.1) is 5.82 Å². The van der Waals surface area contributed by atoms with E-state index in [9.17, 15) is 4.79 Å². The maximum atomic E-state index is 15.2. The molecule has 0 amide bonds. The lowest BCUT2D eigenvalue weighted by Gasteiger charge is -2.12. The molecule has 0 radical (unpaired) electrons. The molecule has 9 nitrogen and oxygen atoms in total. The van der Waals surface area contributed by atoms with E-state index in [0.29, 0.717) is 18.8 Å². The fourth-order valence-electron chi connectivity index (χ4n) is 3.81. The number of aromatic nitrogens is 6. The maximum Gasteiger partial charge on any atom is 0.284 e. The molecule has 0 spiro atoms. The third-order valence-corrected chi connectivity index (χ3v) is 5.41. The van der Waals surface area contributed by atoms with Crippen molar-refractivity contribution >= 4 is 11.2 Å². The molecule has 10 heteroatoms. The van der Waals surface area contributed by atoms with E-state index in [-0.39, 0.29) is 16.9 Å².